The Morgan fingerprint density at radius 2 is 2.12 bits per heavy atom. The highest BCUT2D eigenvalue weighted by Gasteiger charge is 2.13. The number of rotatable bonds is 2. The molecule has 0 saturated carbocycles. The highest BCUT2D eigenvalue weighted by molar-refractivity contribution is 7.16. The lowest BCUT2D eigenvalue weighted by Gasteiger charge is -1.98. The van der Waals surface area contributed by atoms with Gasteiger partial charge in [-0.1, -0.05) is 23.5 Å². The lowest BCUT2D eigenvalue weighted by atomic mass is 10.2. The highest BCUT2D eigenvalue weighted by atomic mass is 32.1. The molecule has 0 unspecified atom stereocenters. The quantitative estimate of drug-likeness (QED) is 0.764. The fourth-order valence-electron chi connectivity index (χ4n) is 1.22. The van der Waals surface area contributed by atoms with E-state index < -0.39 is 0 Å². The average Bonchev–Trinajstić information content (AvgIpc) is 2.78. The number of hydrogen-bond acceptors (Lipinski definition) is 5. The predicted molar refractivity (Wildman–Crippen MR) is 63.1 cm³/mol. The van der Waals surface area contributed by atoms with Crippen molar-refractivity contribution in [1.82, 2.24) is 15.5 Å². The number of benzene rings is 1. The van der Waals surface area contributed by atoms with Crippen LogP contribution in [0.5, 0.6) is 0 Å². The van der Waals surface area contributed by atoms with Crippen LogP contribution < -0.4 is 11.1 Å². The minimum Gasteiger partial charge on any atom is -0.398 e. The van der Waals surface area contributed by atoms with Crippen LogP contribution in [0.1, 0.15) is 9.80 Å². The number of nitrogen functional groups attached to an aromatic ring is 1. The summed E-state index contributed by atoms with van der Waals surface area (Å²) in [6.45, 7) is 0. The topological polar surface area (TPSA) is 80.9 Å². The predicted octanol–water partition coefficient (Wildman–Crippen LogP) is 1.15. The molecule has 0 aliphatic rings. The lowest BCUT2D eigenvalue weighted by Crippen LogP contribution is -2.17. The number of hydrogen-bond donors (Lipinski definition) is 2. The van der Waals surface area contributed by atoms with E-state index in [-0.39, 0.29) is 5.91 Å². The second-order valence-electron chi connectivity index (χ2n) is 3.08. The summed E-state index contributed by atoms with van der Waals surface area (Å²) < 4.78 is 0. The van der Waals surface area contributed by atoms with Crippen LogP contribution in [0.3, 0.4) is 0 Å². The monoisotopic (exact) mass is 234 g/mol. The SMILES string of the molecule is CNC(=O)c1nnc(-c2ccccc2N)s1. The van der Waals surface area contributed by atoms with Gasteiger partial charge in [-0.3, -0.25) is 4.79 Å². The number of nitrogens with two attached hydrogens (primary N) is 1. The average molecular weight is 234 g/mol. The summed E-state index contributed by atoms with van der Waals surface area (Å²) in [5.74, 6) is -0.238. The van der Waals surface area contributed by atoms with Gasteiger partial charge in [-0.2, -0.15) is 0 Å². The molecule has 3 N–H and O–H groups in total. The zero-order chi connectivity index (χ0) is 11.5. The van der Waals surface area contributed by atoms with Crippen LogP contribution in [0.15, 0.2) is 24.3 Å². The fraction of sp³-hybridized carbons (Fsp3) is 0.100. The number of para-hydroxylation sites is 1. The van der Waals surface area contributed by atoms with E-state index in [0.717, 1.165) is 5.56 Å². The third-order valence-electron chi connectivity index (χ3n) is 2.04. The minimum atomic E-state index is -0.238. The van der Waals surface area contributed by atoms with Gasteiger partial charge in [0.15, 0.2) is 0 Å². The zero-order valence-corrected chi connectivity index (χ0v) is 9.41. The van der Waals surface area contributed by atoms with Crippen LogP contribution in [-0.4, -0.2) is 23.2 Å². The molecular formula is C10H10N4OS. The molecule has 0 atom stereocenters. The van der Waals surface area contributed by atoms with Crippen molar-refractivity contribution in [2.24, 2.45) is 0 Å². The number of amides is 1. The third-order valence-corrected chi connectivity index (χ3v) is 2.99. The van der Waals surface area contributed by atoms with Crippen molar-refractivity contribution in [3.8, 4) is 10.6 Å². The van der Waals surface area contributed by atoms with Crippen LogP contribution in [0.4, 0.5) is 5.69 Å². The van der Waals surface area contributed by atoms with Gasteiger partial charge in [0.2, 0.25) is 5.01 Å². The first-order chi connectivity index (χ1) is 7.72. The largest absolute Gasteiger partial charge is 0.398 e. The molecule has 1 aromatic carbocycles. The van der Waals surface area contributed by atoms with Crippen LogP contribution in [0, 0.1) is 0 Å². The van der Waals surface area contributed by atoms with Crippen LogP contribution in [0.25, 0.3) is 10.6 Å². The first-order valence-electron chi connectivity index (χ1n) is 4.63. The van der Waals surface area contributed by atoms with Gasteiger partial charge in [-0.15, -0.1) is 10.2 Å². The van der Waals surface area contributed by atoms with E-state index in [4.69, 9.17) is 5.73 Å². The minimum absolute atomic E-state index is 0.238. The molecular weight excluding hydrogens is 224 g/mol. The van der Waals surface area contributed by atoms with Gasteiger partial charge >= 0.3 is 0 Å². The van der Waals surface area contributed by atoms with E-state index in [1.807, 2.05) is 18.2 Å². The summed E-state index contributed by atoms with van der Waals surface area (Å²) >= 11 is 1.22. The molecule has 1 aromatic heterocycles. The third kappa shape index (κ3) is 1.87. The molecule has 0 fully saturated rings. The summed E-state index contributed by atoms with van der Waals surface area (Å²) in [5, 5.41) is 11.2. The lowest BCUT2D eigenvalue weighted by molar-refractivity contribution is 0.0962. The molecule has 0 bridgehead atoms. The molecule has 0 aliphatic carbocycles. The molecule has 5 nitrogen and oxygen atoms in total. The van der Waals surface area contributed by atoms with Gasteiger partial charge in [-0.25, -0.2) is 0 Å². The van der Waals surface area contributed by atoms with Gasteiger partial charge in [0.05, 0.1) is 0 Å². The van der Waals surface area contributed by atoms with Gasteiger partial charge < -0.3 is 11.1 Å². The zero-order valence-electron chi connectivity index (χ0n) is 8.60. The Kier molecular flexibility index (Phi) is 2.82. The molecule has 2 rings (SSSR count). The smallest absolute Gasteiger partial charge is 0.282 e. The first-order valence-corrected chi connectivity index (χ1v) is 5.44. The highest BCUT2D eigenvalue weighted by Crippen LogP contribution is 2.27. The molecule has 2 aromatic rings. The van der Waals surface area contributed by atoms with Gasteiger partial charge in [0.25, 0.3) is 5.91 Å². The fourth-order valence-corrected chi connectivity index (χ4v) is 2.06. The van der Waals surface area contributed by atoms with Crippen LogP contribution in [0.2, 0.25) is 0 Å². The summed E-state index contributed by atoms with van der Waals surface area (Å²) in [6, 6.07) is 7.35. The normalized spacial score (nSPS) is 10.1. The number of anilines is 1. The Morgan fingerprint density at radius 1 is 1.38 bits per heavy atom. The summed E-state index contributed by atoms with van der Waals surface area (Å²) in [6.07, 6.45) is 0. The van der Waals surface area contributed by atoms with Gasteiger partial charge in [0, 0.05) is 18.3 Å². The van der Waals surface area contributed by atoms with Gasteiger partial charge in [0.1, 0.15) is 5.01 Å². The maximum atomic E-state index is 11.3. The second kappa shape index (κ2) is 4.28. The van der Waals surface area contributed by atoms with Crippen LogP contribution in [-0.2, 0) is 0 Å². The Labute approximate surface area is 96.3 Å². The van der Waals surface area contributed by atoms with E-state index in [1.54, 1.807) is 13.1 Å². The molecule has 1 heterocycles. The second-order valence-corrected chi connectivity index (χ2v) is 4.06. The van der Waals surface area contributed by atoms with Crippen molar-refractivity contribution in [3.05, 3.63) is 29.3 Å². The Balaban J connectivity index is 2.39. The first kappa shape index (κ1) is 10.6. The summed E-state index contributed by atoms with van der Waals surface area (Å²) in [5.41, 5.74) is 7.24. The molecule has 0 aliphatic heterocycles. The number of aromatic nitrogens is 2. The molecule has 0 spiro atoms. The maximum absolute atomic E-state index is 11.3. The van der Waals surface area contributed by atoms with E-state index >= 15 is 0 Å². The standard InChI is InChI=1S/C10H10N4OS/c1-12-8(15)10-14-13-9(16-10)6-4-2-3-5-7(6)11/h2-5H,11H2,1H3,(H,12,15). The molecule has 6 heteroatoms. The number of carbonyl (C=O) groups excluding carboxylic acids is 1. The van der Waals surface area contributed by atoms with Crippen molar-refractivity contribution in [3.63, 3.8) is 0 Å². The number of nitrogens with zero attached hydrogens (tertiary/aromatic N) is 2. The molecule has 1 amide bonds. The molecule has 0 saturated heterocycles. The van der Waals surface area contributed by atoms with Crippen molar-refractivity contribution in [1.29, 1.82) is 0 Å². The van der Waals surface area contributed by atoms with Crippen molar-refractivity contribution < 1.29 is 4.79 Å². The Bertz CT molecular complexity index is 523. The van der Waals surface area contributed by atoms with E-state index in [0.29, 0.717) is 15.7 Å². The number of carbonyl (C=O) groups is 1. The number of nitrogens with one attached hydrogen (secondary N) is 1. The maximum Gasteiger partial charge on any atom is 0.282 e. The van der Waals surface area contributed by atoms with Crippen molar-refractivity contribution in [2.45, 2.75) is 0 Å². The van der Waals surface area contributed by atoms with Crippen LogP contribution >= 0.6 is 11.3 Å². The molecule has 82 valence electrons. The van der Waals surface area contributed by atoms with Gasteiger partial charge in [-0.05, 0) is 12.1 Å². The van der Waals surface area contributed by atoms with Crippen molar-refractivity contribution in [2.75, 3.05) is 12.8 Å². The summed E-state index contributed by atoms with van der Waals surface area (Å²) in [4.78, 5) is 11.3. The Morgan fingerprint density at radius 3 is 2.81 bits per heavy atom. The summed E-state index contributed by atoms with van der Waals surface area (Å²) in [7, 11) is 1.56. The van der Waals surface area contributed by atoms with E-state index in [9.17, 15) is 4.79 Å². The molecule has 0 radical (unpaired) electrons. The van der Waals surface area contributed by atoms with E-state index in [1.165, 1.54) is 11.3 Å². The van der Waals surface area contributed by atoms with Crippen molar-refractivity contribution >= 4 is 22.9 Å². The Hall–Kier alpha value is -1.95. The van der Waals surface area contributed by atoms with E-state index in [2.05, 4.69) is 15.5 Å². The molecule has 16 heavy (non-hydrogen) atoms.